The number of hydrogen-bond acceptors (Lipinski definition) is 4. The Kier molecular flexibility index (Phi) is 7.73. The van der Waals surface area contributed by atoms with Crippen LogP contribution in [0.1, 0.15) is 22.0 Å². The monoisotopic (exact) mass is 489 g/mol. The molecule has 0 unspecified atom stereocenters. The van der Waals surface area contributed by atoms with Crippen molar-refractivity contribution in [3.05, 3.63) is 94.8 Å². The maximum atomic E-state index is 13.6. The van der Waals surface area contributed by atoms with Crippen LogP contribution in [0.4, 0.5) is 10.1 Å². The van der Waals surface area contributed by atoms with Gasteiger partial charge in [0, 0.05) is 24.2 Å². The molecule has 0 saturated carbocycles. The second kappa shape index (κ2) is 10.3. The van der Waals surface area contributed by atoms with Gasteiger partial charge < -0.3 is 10.2 Å². The molecule has 0 aromatic heterocycles. The van der Waals surface area contributed by atoms with Crippen LogP contribution in [0.15, 0.2) is 77.7 Å². The maximum absolute atomic E-state index is 13.6. The topological polar surface area (TPSA) is 69.7 Å². The van der Waals surface area contributed by atoms with Crippen LogP contribution in [0, 0.1) is 5.82 Å². The number of halogens is 2. The molecule has 3 rings (SSSR count). The molecule has 33 heavy (non-hydrogen) atoms. The lowest BCUT2D eigenvalue weighted by Gasteiger charge is -2.25. The molecule has 174 valence electrons. The zero-order valence-electron chi connectivity index (χ0n) is 18.5. The van der Waals surface area contributed by atoms with Gasteiger partial charge in [0.15, 0.2) is 0 Å². The largest absolute Gasteiger partial charge is 0.350 e. The van der Waals surface area contributed by atoms with Crippen molar-refractivity contribution in [2.75, 3.05) is 32.0 Å². The number of amides is 1. The minimum Gasteiger partial charge on any atom is -0.350 e. The highest BCUT2D eigenvalue weighted by molar-refractivity contribution is 7.92. The molecule has 0 radical (unpaired) electrons. The first-order valence-electron chi connectivity index (χ1n) is 10.1. The SMILES string of the molecule is CN(C)[C@H](CNC(=O)c1cccc(S(=O)(=O)N(C)c2cccc(Cl)c2)c1)c1cccc(F)c1. The van der Waals surface area contributed by atoms with Crippen LogP contribution in [0.5, 0.6) is 0 Å². The van der Waals surface area contributed by atoms with Gasteiger partial charge in [-0.25, -0.2) is 12.8 Å². The van der Waals surface area contributed by atoms with Crippen LogP contribution >= 0.6 is 11.6 Å². The lowest BCUT2D eigenvalue weighted by atomic mass is 10.1. The zero-order valence-corrected chi connectivity index (χ0v) is 20.1. The van der Waals surface area contributed by atoms with Crippen LogP contribution in [-0.2, 0) is 10.0 Å². The molecule has 0 saturated heterocycles. The quantitative estimate of drug-likeness (QED) is 0.511. The predicted molar refractivity (Wildman–Crippen MR) is 129 cm³/mol. The summed E-state index contributed by atoms with van der Waals surface area (Å²) in [5.41, 5.74) is 1.33. The number of nitrogens with zero attached hydrogens (tertiary/aromatic N) is 2. The van der Waals surface area contributed by atoms with Gasteiger partial charge in [0.1, 0.15) is 5.82 Å². The zero-order chi connectivity index (χ0) is 24.2. The molecule has 0 aliphatic carbocycles. The average Bonchev–Trinajstić information content (AvgIpc) is 2.78. The molecule has 0 fully saturated rings. The van der Waals surface area contributed by atoms with E-state index in [1.54, 1.807) is 42.5 Å². The molecule has 1 amide bonds. The number of hydrogen-bond donors (Lipinski definition) is 1. The number of benzene rings is 3. The van der Waals surface area contributed by atoms with Crippen molar-refractivity contribution in [3.8, 4) is 0 Å². The van der Waals surface area contributed by atoms with Crippen molar-refractivity contribution in [2.24, 2.45) is 0 Å². The molecule has 1 N–H and O–H groups in total. The van der Waals surface area contributed by atoms with Gasteiger partial charge in [-0.1, -0.05) is 35.9 Å². The van der Waals surface area contributed by atoms with E-state index in [0.717, 1.165) is 9.87 Å². The van der Waals surface area contributed by atoms with Crippen molar-refractivity contribution in [1.29, 1.82) is 0 Å². The van der Waals surface area contributed by atoms with Crippen LogP contribution in [-0.4, -0.2) is 46.9 Å². The molecule has 9 heteroatoms. The molecule has 6 nitrogen and oxygen atoms in total. The molecule has 0 spiro atoms. The van der Waals surface area contributed by atoms with E-state index in [2.05, 4.69) is 5.32 Å². The number of rotatable bonds is 8. The molecule has 0 heterocycles. The number of carbonyl (C=O) groups excluding carboxylic acids is 1. The first-order chi connectivity index (χ1) is 15.6. The number of nitrogens with one attached hydrogen (secondary N) is 1. The highest BCUT2D eigenvalue weighted by Crippen LogP contribution is 2.25. The summed E-state index contributed by atoms with van der Waals surface area (Å²) in [6.07, 6.45) is 0. The van der Waals surface area contributed by atoms with Crippen molar-refractivity contribution in [1.82, 2.24) is 10.2 Å². The summed E-state index contributed by atoms with van der Waals surface area (Å²) in [4.78, 5) is 14.7. The predicted octanol–water partition coefficient (Wildman–Crippen LogP) is 4.34. The summed E-state index contributed by atoms with van der Waals surface area (Å²) in [5, 5.41) is 3.23. The Bertz CT molecular complexity index is 1250. The summed E-state index contributed by atoms with van der Waals surface area (Å²) in [6.45, 7) is 0.217. The van der Waals surface area contributed by atoms with E-state index in [1.807, 2.05) is 19.0 Å². The fourth-order valence-corrected chi connectivity index (χ4v) is 4.79. The summed E-state index contributed by atoms with van der Waals surface area (Å²) >= 11 is 5.99. The van der Waals surface area contributed by atoms with Crippen molar-refractivity contribution in [3.63, 3.8) is 0 Å². The van der Waals surface area contributed by atoms with Gasteiger partial charge in [0.05, 0.1) is 16.6 Å². The lowest BCUT2D eigenvalue weighted by Crippen LogP contribution is -2.34. The molecule has 3 aromatic carbocycles. The highest BCUT2D eigenvalue weighted by atomic mass is 35.5. The van der Waals surface area contributed by atoms with E-state index in [0.29, 0.717) is 10.7 Å². The second-order valence-electron chi connectivity index (χ2n) is 7.72. The lowest BCUT2D eigenvalue weighted by molar-refractivity contribution is 0.0941. The van der Waals surface area contributed by atoms with E-state index >= 15 is 0 Å². The Morgan fingerprint density at radius 3 is 2.36 bits per heavy atom. The average molecular weight is 490 g/mol. The Labute approximate surface area is 198 Å². The van der Waals surface area contributed by atoms with Crippen molar-refractivity contribution in [2.45, 2.75) is 10.9 Å². The highest BCUT2D eigenvalue weighted by Gasteiger charge is 2.23. The number of likely N-dealkylation sites (N-methyl/N-ethyl adjacent to an activating group) is 1. The van der Waals surface area contributed by atoms with Crippen LogP contribution in [0.2, 0.25) is 5.02 Å². The van der Waals surface area contributed by atoms with Gasteiger partial charge in [0.25, 0.3) is 15.9 Å². The molecular weight excluding hydrogens is 465 g/mol. The van der Waals surface area contributed by atoms with Crippen LogP contribution in [0.25, 0.3) is 0 Å². The van der Waals surface area contributed by atoms with E-state index in [9.17, 15) is 17.6 Å². The Balaban J connectivity index is 1.79. The van der Waals surface area contributed by atoms with Crippen LogP contribution < -0.4 is 9.62 Å². The van der Waals surface area contributed by atoms with Crippen molar-refractivity contribution < 1.29 is 17.6 Å². The molecule has 0 bridgehead atoms. The van der Waals surface area contributed by atoms with Gasteiger partial charge in [0.2, 0.25) is 0 Å². The first kappa shape index (κ1) is 24.7. The Hall–Kier alpha value is -2.94. The molecule has 0 aliphatic heterocycles. The third-order valence-corrected chi connectivity index (χ3v) is 7.26. The fraction of sp³-hybridized carbons (Fsp3) is 0.208. The third-order valence-electron chi connectivity index (χ3n) is 5.24. The van der Waals surface area contributed by atoms with Crippen molar-refractivity contribution >= 4 is 33.2 Å². The molecule has 0 aliphatic rings. The maximum Gasteiger partial charge on any atom is 0.264 e. The molecule has 3 aromatic rings. The van der Waals surface area contributed by atoms with Gasteiger partial charge in [-0.2, -0.15) is 0 Å². The van der Waals surface area contributed by atoms with E-state index in [1.165, 1.54) is 37.4 Å². The van der Waals surface area contributed by atoms with Gasteiger partial charge >= 0.3 is 0 Å². The van der Waals surface area contributed by atoms with Gasteiger partial charge in [-0.05, 0) is 68.2 Å². The standard InChI is InChI=1S/C24H25ClFN3O3S/c1-28(2)23(17-7-4-10-20(26)13-17)16-27-24(30)18-8-5-12-22(14-18)33(31,32)29(3)21-11-6-9-19(25)15-21/h4-15,23H,16H2,1-3H3,(H,27,30)/t23-/m1/s1. The minimum atomic E-state index is -3.91. The molecular formula is C24H25ClFN3O3S. The number of anilines is 1. The van der Waals surface area contributed by atoms with E-state index < -0.39 is 15.9 Å². The summed E-state index contributed by atoms with van der Waals surface area (Å²) in [5.74, 6) is -0.784. The summed E-state index contributed by atoms with van der Waals surface area (Å²) < 4.78 is 41.0. The second-order valence-corrected chi connectivity index (χ2v) is 10.1. The summed E-state index contributed by atoms with van der Waals surface area (Å²) in [6, 6.07) is 18.3. The number of carbonyl (C=O) groups is 1. The third kappa shape index (κ3) is 5.90. The van der Waals surface area contributed by atoms with E-state index in [-0.39, 0.29) is 28.9 Å². The number of sulfonamides is 1. The minimum absolute atomic E-state index is 0.0214. The van der Waals surface area contributed by atoms with Crippen LogP contribution in [0.3, 0.4) is 0 Å². The van der Waals surface area contributed by atoms with Gasteiger partial charge in [-0.3, -0.25) is 9.10 Å². The van der Waals surface area contributed by atoms with E-state index in [4.69, 9.17) is 11.6 Å². The smallest absolute Gasteiger partial charge is 0.264 e. The summed E-state index contributed by atoms with van der Waals surface area (Å²) in [7, 11) is 1.18. The molecule has 1 atom stereocenters. The first-order valence-corrected chi connectivity index (χ1v) is 12.0. The fourth-order valence-electron chi connectivity index (χ4n) is 3.37. The Morgan fingerprint density at radius 1 is 1.00 bits per heavy atom. The Morgan fingerprint density at radius 2 is 1.70 bits per heavy atom. The van der Waals surface area contributed by atoms with Gasteiger partial charge in [-0.15, -0.1) is 0 Å². The normalized spacial score (nSPS) is 12.4.